The van der Waals surface area contributed by atoms with E-state index in [1.165, 1.54) is 7.11 Å². The van der Waals surface area contributed by atoms with Gasteiger partial charge in [0.05, 0.1) is 13.0 Å². The molecular weight excluding hydrogens is 261 g/mol. The third kappa shape index (κ3) is 3.12. The van der Waals surface area contributed by atoms with Crippen LogP contribution >= 0.6 is 24.0 Å². The van der Waals surface area contributed by atoms with Crippen molar-refractivity contribution >= 4 is 30.0 Å². The Bertz CT molecular complexity index is 381. The van der Waals surface area contributed by atoms with Crippen LogP contribution in [0, 0.1) is 5.92 Å². The zero-order chi connectivity index (χ0) is 11.5. The van der Waals surface area contributed by atoms with Crippen molar-refractivity contribution in [1.82, 2.24) is 5.32 Å². The number of rotatable bonds is 2. The van der Waals surface area contributed by atoms with Crippen molar-refractivity contribution in [3.8, 4) is 0 Å². The highest BCUT2D eigenvalue weighted by atomic mass is 35.5. The van der Waals surface area contributed by atoms with Gasteiger partial charge in [0.1, 0.15) is 0 Å². The molecular formula is C12H15Cl2NO2. The maximum Gasteiger partial charge on any atom is 0.310 e. The summed E-state index contributed by atoms with van der Waals surface area (Å²) >= 11 is 5.84. The van der Waals surface area contributed by atoms with Crippen LogP contribution in [0.2, 0.25) is 5.02 Å². The lowest BCUT2D eigenvalue weighted by Crippen LogP contribution is -2.22. The molecule has 1 aromatic rings. The van der Waals surface area contributed by atoms with E-state index in [9.17, 15) is 4.79 Å². The number of esters is 1. The average molecular weight is 276 g/mol. The fourth-order valence-corrected chi connectivity index (χ4v) is 2.26. The van der Waals surface area contributed by atoms with Crippen LogP contribution in [0.15, 0.2) is 24.3 Å². The van der Waals surface area contributed by atoms with E-state index in [4.69, 9.17) is 16.3 Å². The predicted octanol–water partition coefficient (Wildman–Crippen LogP) is 2.24. The van der Waals surface area contributed by atoms with Gasteiger partial charge in [0, 0.05) is 24.0 Å². The molecule has 94 valence electrons. The number of benzene rings is 1. The van der Waals surface area contributed by atoms with E-state index in [2.05, 4.69) is 5.32 Å². The Kier molecular flexibility index (Phi) is 5.25. The van der Waals surface area contributed by atoms with Gasteiger partial charge in [-0.05, 0) is 17.7 Å². The van der Waals surface area contributed by atoms with E-state index in [1.807, 2.05) is 24.3 Å². The fourth-order valence-electron chi connectivity index (χ4n) is 2.14. The molecule has 0 radical (unpaired) electrons. The largest absolute Gasteiger partial charge is 0.469 e. The minimum Gasteiger partial charge on any atom is -0.469 e. The Hall–Kier alpha value is -0.770. The Morgan fingerprint density at radius 3 is 2.59 bits per heavy atom. The molecule has 2 rings (SSSR count). The first-order valence-corrected chi connectivity index (χ1v) is 5.64. The van der Waals surface area contributed by atoms with Gasteiger partial charge in [0.15, 0.2) is 0 Å². The lowest BCUT2D eigenvalue weighted by Gasteiger charge is -2.16. The number of nitrogens with one attached hydrogen (secondary N) is 1. The van der Waals surface area contributed by atoms with Crippen molar-refractivity contribution in [3.63, 3.8) is 0 Å². The van der Waals surface area contributed by atoms with Gasteiger partial charge in [-0.15, -0.1) is 12.4 Å². The number of halogens is 2. The minimum atomic E-state index is -0.148. The summed E-state index contributed by atoms with van der Waals surface area (Å²) in [5.74, 6) is -0.0548. The van der Waals surface area contributed by atoms with Crippen molar-refractivity contribution in [2.24, 2.45) is 5.92 Å². The molecule has 3 nitrogen and oxygen atoms in total. The summed E-state index contributed by atoms with van der Waals surface area (Å²) < 4.78 is 4.80. The number of hydrogen-bond acceptors (Lipinski definition) is 3. The molecule has 0 spiro atoms. The molecule has 0 saturated carbocycles. The summed E-state index contributed by atoms with van der Waals surface area (Å²) in [6, 6.07) is 7.64. The molecule has 0 aromatic heterocycles. The molecule has 0 bridgehead atoms. The Morgan fingerprint density at radius 1 is 1.35 bits per heavy atom. The normalized spacial score (nSPS) is 22.9. The fraction of sp³-hybridized carbons (Fsp3) is 0.417. The number of methoxy groups -OCH3 is 1. The number of hydrogen-bond donors (Lipinski definition) is 1. The predicted molar refractivity (Wildman–Crippen MR) is 69.8 cm³/mol. The summed E-state index contributed by atoms with van der Waals surface area (Å²) in [4.78, 5) is 11.6. The Balaban J connectivity index is 0.00000144. The van der Waals surface area contributed by atoms with Gasteiger partial charge in [-0.25, -0.2) is 0 Å². The van der Waals surface area contributed by atoms with E-state index < -0.39 is 0 Å². The van der Waals surface area contributed by atoms with Gasteiger partial charge in [-0.1, -0.05) is 23.7 Å². The van der Waals surface area contributed by atoms with Crippen molar-refractivity contribution in [3.05, 3.63) is 34.9 Å². The first-order chi connectivity index (χ1) is 7.72. The molecule has 1 saturated heterocycles. The first-order valence-electron chi connectivity index (χ1n) is 5.26. The molecule has 5 heteroatoms. The molecule has 1 heterocycles. The van der Waals surface area contributed by atoms with Crippen LogP contribution in [0.1, 0.15) is 11.5 Å². The Morgan fingerprint density at radius 2 is 2.00 bits per heavy atom. The third-order valence-electron chi connectivity index (χ3n) is 3.02. The highest BCUT2D eigenvalue weighted by molar-refractivity contribution is 6.30. The lowest BCUT2D eigenvalue weighted by molar-refractivity contribution is -0.145. The molecule has 17 heavy (non-hydrogen) atoms. The van der Waals surface area contributed by atoms with Gasteiger partial charge in [0.2, 0.25) is 0 Å². The summed E-state index contributed by atoms with van der Waals surface area (Å²) in [7, 11) is 1.43. The molecule has 1 aromatic carbocycles. The van der Waals surface area contributed by atoms with Crippen LogP contribution in [0.5, 0.6) is 0 Å². The van der Waals surface area contributed by atoms with E-state index in [1.54, 1.807) is 0 Å². The summed E-state index contributed by atoms with van der Waals surface area (Å²) in [5.41, 5.74) is 1.13. The van der Waals surface area contributed by atoms with Gasteiger partial charge in [-0.3, -0.25) is 4.79 Å². The highest BCUT2D eigenvalue weighted by Crippen LogP contribution is 2.29. The molecule has 1 fully saturated rings. The van der Waals surface area contributed by atoms with Crippen LogP contribution in [0.4, 0.5) is 0 Å². The average Bonchev–Trinajstić information content (AvgIpc) is 2.78. The van der Waals surface area contributed by atoms with Crippen LogP contribution in [-0.4, -0.2) is 26.2 Å². The Labute approximate surface area is 112 Å². The number of carbonyl (C=O) groups is 1. The zero-order valence-electron chi connectivity index (χ0n) is 9.48. The van der Waals surface area contributed by atoms with Gasteiger partial charge in [0.25, 0.3) is 0 Å². The van der Waals surface area contributed by atoms with Crippen molar-refractivity contribution in [2.75, 3.05) is 20.2 Å². The summed E-state index contributed by atoms with van der Waals surface area (Å²) in [5, 5.41) is 3.93. The molecule has 1 aliphatic heterocycles. The zero-order valence-corrected chi connectivity index (χ0v) is 11.1. The molecule has 1 unspecified atom stereocenters. The maximum atomic E-state index is 11.6. The quantitative estimate of drug-likeness (QED) is 0.842. The second-order valence-corrected chi connectivity index (χ2v) is 4.38. The summed E-state index contributed by atoms with van der Waals surface area (Å²) in [6.07, 6.45) is 0. The molecule has 0 amide bonds. The highest BCUT2D eigenvalue weighted by Gasteiger charge is 2.34. The minimum absolute atomic E-state index is 0. The van der Waals surface area contributed by atoms with E-state index in [-0.39, 0.29) is 30.2 Å². The second kappa shape index (κ2) is 6.24. The smallest absolute Gasteiger partial charge is 0.310 e. The standard InChI is InChI=1S/C12H14ClNO2.ClH/c1-16-12(15)11-7-14-6-10(11)8-2-4-9(13)5-3-8;/h2-5,10-11,14H,6-7H2,1H3;1H/t10?,11-;/m1./s1. The molecule has 1 aliphatic rings. The topological polar surface area (TPSA) is 38.3 Å². The van der Waals surface area contributed by atoms with Crippen molar-refractivity contribution < 1.29 is 9.53 Å². The van der Waals surface area contributed by atoms with Crippen LogP contribution in [0.3, 0.4) is 0 Å². The van der Waals surface area contributed by atoms with Crippen molar-refractivity contribution in [1.29, 1.82) is 0 Å². The lowest BCUT2D eigenvalue weighted by atomic mass is 9.89. The maximum absolute atomic E-state index is 11.6. The second-order valence-electron chi connectivity index (χ2n) is 3.95. The number of ether oxygens (including phenoxy) is 1. The van der Waals surface area contributed by atoms with Gasteiger partial charge < -0.3 is 10.1 Å². The molecule has 1 N–H and O–H groups in total. The van der Waals surface area contributed by atoms with Crippen LogP contribution < -0.4 is 5.32 Å². The van der Waals surface area contributed by atoms with Crippen molar-refractivity contribution in [2.45, 2.75) is 5.92 Å². The SMILES string of the molecule is COC(=O)[C@@H]1CNCC1c1ccc(Cl)cc1.Cl. The monoisotopic (exact) mass is 275 g/mol. The molecule has 0 aliphatic carbocycles. The summed E-state index contributed by atoms with van der Waals surface area (Å²) in [6.45, 7) is 1.49. The molecule has 2 atom stereocenters. The van der Waals surface area contributed by atoms with Crippen LogP contribution in [0.25, 0.3) is 0 Å². The van der Waals surface area contributed by atoms with Gasteiger partial charge >= 0.3 is 5.97 Å². The van der Waals surface area contributed by atoms with E-state index in [0.717, 1.165) is 12.1 Å². The third-order valence-corrected chi connectivity index (χ3v) is 3.27. The number of carbonyl (C=O) groups excluding carboxylic acids is 1. The van der Waals surface area contributed by atoms with Crippen LogP contribution in [-0.2, 0) is 9.53 Å². The van der Waals surface area contributed by atoms with E-state index >= 15 is 0 Å². The first kappa shape index (κ1) is 14.3. The van der Waals surface area contributed by atoms with Gasteiger partial charge in [-0.2, -0.15) is 0 Å². The van der Waals surface area contributed by atoms with E-state index in [0.29, 0.717) is 11.6 Å².